The number of nitrogens with zero attached hydrogens (tertiary/aromatic N) is 1. The minimum atomic E-state index is -0.756. The Morgan fingerprint density at radius 1 is 0.844 bits per heavy atom. The van der Waals surface area contributed by atoms with Crippen LogP contribution in [0.3, 0.4) is 0 Å². The number of rotatable bonds is 15. The molecule has 1 atom stereocenters. The number of carbonyl (C=O) groups is 1. The van der Waals surface area contributed by atoms with Gasteiger partial charge in [-0.3, -0.25) is 9.69 Å². The van der Waals surface area contributed by atoms with E-state index in [1.165, 1.54) is 17.7 Å². The second-order valence-corrected chi connectivity index (χ2v) is 12.0. The minimum absolute atomic E-state index is 0.0736. The highest BCUT2D eigenvalue weighted by atomic mass is 19.1. The molecule has 6 nitrogen and oxygen atoms in total. The molecule has 3 N–H and O–H groups in total. The lowest BCUT2D eigenvalue weighted by Crippen LogP contribution is -2.38. The van der Waals surface area contributed by atoms with Crippen molar-refractivity contribution in [3.8, 4) is 17.2 Å². The van der Waals surface area contributed by atoms with Crippen LogP contribution in [0.25, 0.3) is 0 Å². The average molecular weight is 613 g/mol. The number of phenolic OH excluding ortho intramolecular Hbond substituents is 2. The zero-order valence-electron chi connectivity index (χ0n) is 26.7. The van der Waals surface area contributed by atoms with E-state index in [-0.39, 0.29) is 17.2 Å². The fourth-order valence-electron chi connectivity index (χ4n) is 5.76. The number of phenols is 2. The van der Waals surface area contributed by atoms with Crippen LogP contribution in [0, 0.1) is 5.82 Å². The van der Waals surface area contributed by atoms with Crippen molar-refractivity contribution in [2.45, 2.75) is 65.0 Å². The Morgan fingerprint density at radius 2 is 1.53 bits per heavy atom. The van der Waals surface area contributed by atoms with E-state index in [9.17, 15) is 19.4 Å². The first-order chi connectivity index (χ1) is 21.6. The summed E-state index contributed by atoms with van der Waals surface area (Å²) in [7, 11) is 0. The highest BCUT2D eigenvalue weighted by molar-refractivity contribution is 5.94. The summed E-state index contributed by atoms with van der Waals surface area (Å²) in [4.78, 5) is 14.7. The maximum atomic E-state index is 13.9. The van der Waals surface area contributed by atoms with E-state index in [4.69, 9.17) is 4.74 Å². The Balaban J connectivity index is 1.33. The van der Waals surface area contributed by atoms with Crippen LogP contribution in [0.1, 0.15) is 72.6 Å². The van der Waals surface area contributed by atoms with Gasteiger partial charge in [0.05, 0.1) is 12.2 Å². The van der Waals surface area contributed by atoms with Crippen molar-refractivity contribution in [2.75, 3.05) is 19.7 Å². The van der Waals surface area contributed by atoms with Gasteiger partial charge in [-0.1, -0.05) is 54.6 Å². The summed E-state index contributed by atoms with van der Waals surface area (Å²) in [6.45, 7) is 10.7. The molecule has 0 saturated carbocycles. The molecule has 0 radical (unpaired) electrons. The number of benzene rings is 4. The summed E-state index contributed by atoms with van der Waals surface area (Å²) in [5.41, 5.74) is 4.15. The zero-order valence-corrected chi connectivity index (χ0v) is 26.7. The Morgan fingerprint density at radius 3 is 2.20 bits per heavy atom. The van der Waals surface area contributed by atoms with Crippen LogP contribution in [0.15, 0.2) is 91.0 Å². The Kier molecular flexibility index (Phi) is 12.0. The number of hydrogen-bond acceptors (Lipinski definition) is 5. The van der Waals surface area contributed by atoms with Crippen molar-refractivity contribution in [2.24, 2.45) is 0 Å². The lowest BCUT2D eigenvalue weighted by atomic mass is 9.86. The molecule has 238 valence electrons. The van der Waals surface area contributed by atoms with Crippen LogP contribution < -0.4 is 10.1 Å². The van der Waals surface area contributed by atoms with Gasteiger partial charge in [0.15, 0.2) is 0 Å². The van der Waals surface area contributed by atoms with Gasteiger partial charge in [-0.15, -0.1) is 0 Å². The average Bonchev–Trinajstić information content (AvgIpc) is 3.01. The summed E-state index contributed by atoms with van der Waals surface area (Å²) in [6.07, 6.45) is 2.18. The third kappa shape index (κ3) is 9.56. The van der Waals surface area contributed by atoms with Crippen LogP contribution >= 0.6 is 0 Å². The van der Waals surface area contributed by atoms with Crippen LogP contribution in [0.4, 0.5) is 4.39 Å². The lowest BCUT2D eigenvalue weighted by Gasteiger charge is -2.32. The van der Waals surface area contributed by atoms with Gasteiger partial charge < -0.3 is 20.3 Å². The summed E-state index contributed by atoms with van der Waals surface area (Å²) >= 11 is 0. The SMILES string of the molecule is CC(C)N(CC[C@H](c1ccccc1)c1cc(CCOc2ccc(CCNC(=O)c3ccc(O)cc3F)cc2)ccc1O)C(C)C. The molecule has 7 heteroatoms. The molecule has 0 spiro atoms. The number of halogens is 1. The van der Waals surface area contributed by atoms with Crippen molar-refractivity contribution in [3.05, 3.63) is 125 Å². The van der Waals surface area contributed by atoms with E-state index in [2.05, 4.69) is 68.2 Å². The molecule has 0 aromatic heterocycles. The largest absolute Gasteiger partial charge is 0.508 e. The summed E-state index contributed by atoms with van der Waals surface area (Å²) in [5, 5.41) is 23.0. The van der Waals surface area contributed by atoms with E-state index in [0.29, 0.717) is 43.8 Å². The van der Waals surface area contributed by atoms with Gasteiger partial charge in [0.2, 0.25) is 0 Å². The predicted octanol–water partition coefficient (Wildman–Crippen LogP) is 7.47. The van der Waals surface area contributed by atoms with Gasteiger partial charge in [-0.2, -0.15) is 0 Å². The third-order valence-electron chi connectivity index (χ3n) is 8.15. The van der Waals surface area contributed by atoms with Crippen molar-refractivity contribution in [1.29, 1.82) is 0 Å². The number of carbonyl (C=O) groups excluding carboxylic acids is 1. The van der Waals surface area contributed by atoms with Gasteiger partial charge in [0, 0.05) is 42.6 Å². The van der Waals surface area contributed by atoms with Gasteiger partial charge in [-0.05, 0) is 94.1 Å². The van der Waals surface area contributed by atoms with Crippen LogP contribution in [0.2, 0.25) is 0 Å². The van der Waals surface area contributed by atoms with Gasteiger partial charge in [0.25, 0.3) is 5.91 Å². The van der Waals surface area contributed by atoms with E-state index in [1.807, 2.05) is 36.4 Å². The Hall–Kier alpha value is -4.36. The number of hydrogen-bond donors (Lipinski definition) is 3. The van der Waals surface area contributed by atoms with Crippen molar-refractivity contribution in [1.82, 2.24) is 10.2 Å². The molecule has 4 rings (SSSR count). The quantitative estimate of drug-likeness (QED) is 0.130. The fourth-order valence-corrected chi connectivity index (χ4v) is 5.76. The first kappa shape index (κ1) is 33.5. The number of ether oxygens (including phenoxy) is 1. The van der Waals surface area contributed by atoms with Crippen LogP contribution in [-0.2, 0) is 12.8 Å². The Bertz CT molecular complexity index is 1520. The second-order valence-electron chi connectivity index (χ2n) is 12.0. The molecule has 0 fully saturated rings. The normalized spacial score (nSPS) is 12.1. The maximum absolute atomic E-state index is 13.9. The second kappa shape index (κ2) is 16.1. The number of amides is 1. The highest BCUT2D eigenvalue weighted by Crippen LogP contribution is 2.35. The molecule has 0 aliphatic rings. The predicted molar refractivity (Wildman–Crippen MR) is 178 cm³/mol. The fraction of sp³-hybridized carbons (Fsp3) is 0.342. The van der Waals surface area contributed by atoms with E-state index >= 15 is 0 Å². The molecular formula is C38H45FN2O4. The first-order valence-corrected chi connectivity index (χ1v) is 15.7. The standard InChI is InChI=1S/C38H45FN2O4/c1-26(2)41(27(3)4)22-19-33(30-8-6-5-7-9-30)35-24-29(12-17-37(35)43)20-23-45-32-14-10-28(11-15-32)18-21-40-38(44)34-16-13-31(42)25-36(34)39/h5-17,24-27,33,42-43H,18-23H2,1-4H3,(H,40,44)/t33-/m1/s1. The lowest BCUT2D eigenvalue weighted by molar-refractivity contribution is 0.0950. The van der Waals surface area contributed by atoms with Crippen molar-refractivity contribution in [3.63, 3.8) is 0 Å². The van der Waals surface area contributed by atoms with Crippen molar-refractivity contribution >= 4 is 5.91 Å². The molecule has 1 amide bonds. The molecule has 0 aliphatic carbocycles. The summed E-state index contributed by atoms with van der Waals surface area (Å²) in [6, 6.07) is 28.3. The van der Waals surface area contributed by atoms with E-state index in [1.54, 1.807) is 6.07 Å². The molecule has 45 heavy (non-hydrogen) atoms. The smallest absolute Gasteiger partial charge is 0.254 e. The molecule has 0 bridgehead atoms. The zero-order chi connectivity index (χ0) is 32.3. The first-order valence-electron chi connectivity index (χ1n) is 15.7. The molecule has 0 saturated heterocycles. The maximum Gasteiger partial charge on any atom is 0.254 e. The molecule has 0 heterocycles. The van der Waals surface area contributed by atoms with E-state index in [0.717, 1.165) is 41.5 Å². The molecule has 4 aromatic rings. The van der Waals surface area contributed by atoms with Gasteiger partial charge >= 0.3 is 0 Å². The van der Waals surface area contributed by atoms with Crippen LogP contribution in [0.5, 0.6) is 17.2 Å². The van der Waals surface area contributed by atoms with E-state index < -0.39 is 11.7 Å². The van der Waals surface area contributed by atoms with Gasteiger partial charge in [0.1, 0.15) is 23.1 Å². The molecule has 0 unspecified atom stereocenters. The topological polar surface area (TPSA) is 82.0 Å². The highest BCUT2D eigenvalue weighted by Gasteiger charge is 2.22. The Labute approximate surface area is 266 Å². The minimum Gasteiger partial charge on any atom is -0.508 e. The summed E-state index contributed by atoms with van der Waals surface area (Å²) < 4.78 is 19.9. The van der Waals surface area contributed by atoms with Gasteiger partial charge in [-0.25, -0.2) is 4.39 Å². The third-order valence-corrected chi connectivity index (χ3v) is 8.15. The molecule has 0 aliphatic heterocycles. The summed E-state index contributed by atoms with van der Waals surface area (Å²) in [5.74, 6) is -0.362. The molecular weight excluding hydrogens is 567 g/mol. The van der Waals surface area contributed by atoms with Crippen molar-refractivity contribution < 1.29 is 24.1 Å². The number of aromatic hydroxyl groups is 2. The monoisotopic (exact) mass is 612 g/mol. The van der Waals surface area contributed by atoms with Crippen LogP contribution in [-0.4, -0.2) is 52.8 Å². The molecule has 4 aromatic carbocycles. The number of nitrogens with one attached hydrogen (secondary N) is 1.